The fourth-order valence-electron chi connectivity index (χ4n) is 4.12. The zero-order chi connectivity index (χ0) is 20.4. The number of aliphatic carboxylic acids is 1. The van der Waals surface area contributed by atoms with Crippen LogP contribution in [0, 0.1) is 0 Å². The molecule has 0 saturated carbocycles. The maximum Gasteiger partial charge on any atom is 0.305 e. The van der Waals surface area contributed by atoms with Gasteiger partial charge < -0.3 is 19.7 Å². The lowest BCUT2D eigenvalue weighted by atomic mass is 9.86. The maximum atomic E-state index is 13.0. The third-order valence-corrected chi connectivity index (χ3v) is 5.52. The number of benzene rings is 2. The Morgan fingerprint density at radius 2 is 1.55 bits per heavy atom. The minimum Gasteiger partial charge on any atom is -0.481 e. The van der Waals surface area contributed by atoms with Gasteiger partial charge in [0.15, 0.2) is 5.43 Å². The summed E-state index contributed by atoms with van der Waals surface area (Å²) >= 11 is 0. The van der Waals surface area contributed by atoms with Gasteiger partial charge in [0.2, 0.25) is 5.91 Å². The van der Waals surface area contributed by atoms with Crippen LogP contribution in [-0.2, 0) is 20.9 Å². The van der Waals surface area contributed by atoms with E-state index in [0.717, 1.165) is 0 Å². The van der Waals surface area contributed by atoms with E-state index >= 15 is 0 Å². The number of nitrogens with one attached hydrogen (secondary N) is 1. The number of carbonyl (C=O) groups is 2. The zero-order valence-corrected chi connectivity index (χ0v) is 15.9. The van der Waals surface area contributed by atoms with E-state index in [1.54, 1.807) is 24.3 Å². The number of carboxylic acid groups (broad SMARTS) is 1. The van der Waals surface area contributed by atoms with E-state index in [1.165, 1.54) is 0 Å². The van der Waals surface area contributed by atoms with Gasteiger partial charge in [0, 0.05) is 24.0 Å². The minimum absolute atomic E-state index is 0.0104. The predicted octanol–water partition coefficient (Wildman–Crippen LogP) is 2.29. The Labute approximate surface area is 166 Å². The van der Waals surface area contributed by atoms with Crippen LogP contribution in [0.5, 0.6) is 0 Å². The molecule has 1 aliphatic rings. The molecule has 1 amide bonds. The summed E-state index contributed by atoms with van der Waals surface area (Å²) in [6.07, 6.45) is 0.765. The predicted molar refractivity (Wildman–Crippen MR) is 109 cm³/mol. The summed E-state index contributed by atoms with van der Waals surface area (Å²) in [5.41, 5.74) is 0.460. The first kappa shape index (κ1) is 19.1. The first-order chi connectivity index (χ1) is 14.0. The van der Waals surface area contributed by atoms with Crippen LogP contribution >= 0.6 is 0 Å². The number of carboxylic acids is 1. The molecule has 150 valence electrons. The van der Waals surface area contributed by atoms with E-state index in [1.807, 2.05) is 28.8 Å². The van der Waals surface area contributed by atoms with E-state index in [2.05, 4.69) is 5.32 Å². The number of nitrogens with zero attached hydrogens (tertiary/aromatic N) is 1. The number of fused-ring (bicyclic) bond motifs is 2. The number of rotatable bonds is 5. The van der Waals surface area contributed by atoms with Gasteiger partial charge in [-0.3, -0.25) is 14.4 Å². The molecule has 1 aliphatic heterocycles. The standard InChI is InChI=1S/C22H22N2O5/c25-19(23-22(13-20(26)27)9-11-29-12-10-22)14-24-17-7-3-1-5-15(17)21(28)16-6-2-4-8-18(16)24/h1-8H,9-14H2,(H,23,25)(H,26,27). The van der Waals surface area contributed by atoms with Crippen molar-refractivity contribution in [3.63, 3.8) is 0 Å². The number of amides is 1. The molecule has 0 bridgehead atoms. The van der Waals surface area contributed by atoms with E-state index in [0.29, 0.717) is 47.9 Å². The van der Waals surface area contributed by atoms with Crippen LogP contribution in [0.4, 0.5) is 0 Å². The van der Waals surface area contributed by atoms with Crippen molar-refractivity contribution < 1.29 is 19.4 Å². The van der Waals surface area contributed by atoms with E-state index in [9.17, 15) is 19.5 Å². The first-order valence-corrected chi connectivity index (χ1v) is 9.60. The number of para-hydroxylation sites is 2. The van der Waals surface area contributed by atoms with Gasteiger partial charge >= 0.3 is 5.97 Å². The number of pyridine rings is 1. The van der Waals surface area contributed by atoms with Crippen LogP contribution in [0.2, 0.25) is 0 Å². The third-order valence-electron chi connectivity index (χ3n) is 5.52. The average molecular weight is 394 g/mol. The monoisotopic (exact) mass is 394 g/mol. The molecule has 1 aromatic heterocycles. The minimum atomic E-state index is -0.952. The lowest BCUT2D eigenvalue weighted by molar-refractivity contribution is -0.140. The maximum absolute atomic E-state index is 13.0. The fourth-order valence-corrected chi connectivity index (χ4v) is 4.12. The number of hydrogen-bond donors (Lipinski definition) is 2. The van der Waals surface area contributed by atoms with Crippen LogP contribution in [0.1, 0.15) is 19.3 Å². The van der Waals surface area contributed by atoms with Crippen molar-refractivity contribution in [2.75, 3.05) is 13.2 Å². The van der Waals surface area contributed by atoms with Crippen molar-refractivity contribution in [1.82, 2.24) is 9.88 Å². The van der Waals surface area contributed by atoms with E-state index in [-0.39, 0.29) is 24.3 Å². The molecule has 29 heavy (non-hydrogen) atoms. The second-order valence-electron chi connectivity index (χ2n) is 7.46. The smallest absolute Gasteiger partial charge is 0.305 e. The van der Waals surface area contributed by atoms with Gasteiger partial charge in [-0.1, -0.05) is 24.3 Å². The molecule has 2 heterocycles. The molecule has 0 spiro atoms. The van der Waals surface area contributed by atoms with Crippen molar-refractivity contribution in [2.45, 2.75) is 31.3 Å². The molecule has 0 atom stereocenters. The summed E-state index contributed by atoms with van der Waals surface area (Å²) in [7, 11) is 0. The Balaban J connectivity index is 1.73. The molecule has 7 nitrogen and oxygen atoms in total. The lowest BCUT2D eigenvalue weighted by Gasteiger charge is -2.37. The summed E-state index contributed by atoms with van der Waals surface area (Å²) < 4.78 is 7.17. The summed E-state index contributed by atoms with van der Waals surface area (Å²) in [4.78, 5) is 37.2. The van der Waals surface area contributed by atoms with Crippen LogP contribution in [-0.4, -0.2) is 40.3 Å². The van der Waals surface area contributed by atoms with Crippen molar-refractivity contribution in [1.29, 1.82) is 0 Å². The van der Waals surface area contributed by atoms with Crippen molar-refractivity contribution >= 4 is 33.7 Å². The van der Waals surface area contributed by atoms with E-state index < -0.39 is 11.5 Å². The highest BCUT2D eigenvalue weighted by molar-refractivity contribution is 5.95. The van der Waals surface area contributed by atoms with Crippen LogP contribution in [0.3, 0.4) is 0 Å². The molecule has 7 heteroatoms. The SMILES string of the molecule is O=C(O)CC1(NC(=O)Cn2c3ccccc3c(=O)c3ccccc32)CCOCC1. The third kappa shape index (κ3) is 3.73. The highest BCUT2D eigenvalue weighted by Gasteiger charge is 2.36. The van der Waals surface area contributed by atoms with Crippen molar-refractivity contribution in [2.24, 2.45) is 0 Å². The van der Waals surface area contributed by atoms with Crippen molar-refractivity contribution in [3.05, 3.63) is 58.8 Å². The van der Waals surface area contributed by atoms with Gasteiger partial charge in [-0.05, 0) is 37.1 Å². The van der Waals surface area contributed by atoms with Gasteiger partial charge in [0.25, 0.3) is 0 Å². The summed E-state index contributed by atoms with van der Waals surface area (Å²) in [5.74, 6) is -1.24. The Morgan fingerprint density at radius 3 is 2.10 bits per heavy atom. The lowest BCUT2D eigenvalue weighted by Crippen LogP contribution is -2.54. The Bertz CT molecular complexity index is 1080. The van der Waals surface area contributed by atoms with Crippen LogP contribution in [0.25, 0.3) is 21.8 Å². The summed E-state index contributed by atoms with van der Waals surface area (Å²) in [6.45, 7) is 0.818. The summed E-state index contributed by atoms with van der Waals surface area (Å²) in [5, 5.41) is 13.4. The number of ether oxygens (including phenoxy) is 1. The molecule has 4 rings (SSSR count). The highest BCUT2D eigenvalue weighted by Crippen LogP contribution is 2.25. The number of aromatic nitrogens is 1. The number of hydrogen-bond acceptors (Lipinski definition) is 4. The molecule has 2 aromatic carbocycles. The zero-order valence-electron chi connectivity index (χ0n) is 15.9. The molecule has 1 saturated heterocycles. The van der Waals surface area contributed by atoms with Crippen molar-refractivity contribution in [3.8, 4) is 0 Å². The average Bonchev–Trinajstić information content (AvgIpc) is 2.71. The second kappa shape index (κ2) is 7.67. The largest absolute Gasteiger partial charge is 0.481 e. The molecule has 0 aliphatic carbocycles. The first-order valence-electron chi connectivity index (χ1n) is 9.60. The van der Waals surface area contributed by atoms with Gasteiger partial charge in [0.1, 0.15) is 6.54 Å². The van der Waals surface area contributed by atoms with Gasteiger partial charge in [0.05, 0.1) is 23.0 Å². The quantitative estimate of drug-likeness (QED) is 0.647. The highest BCUT2D eigenvalue weighted by atomic mass is 16.5. The molecule has 0 radical (unpaired) electrons. The second-order valence-corrected chi connectivity index (χ2v) is 7.46. The van der Waals surface area contributed by atoms with Crippen LogP contribution in [0.15, 0.2) is 53.3 Å². The topological polar surface area (TPSA) is 97.6 Å². The van der Waals surface area contributed by atoms with Gasteiger partial charge in [-0.25, -0.2) is 0 Å². The fraction of sp³-hybridized carbons (Fsp3) is 0.318. The van der Waals surface area contributed by atoms with Gasteiger partial charge in [-0.2, -0.15) is 0 Å². The Hall–Kier alpha value is -3.19. The Morgan fingerprint density at radius 1 is 1.00 bits per heavy atom. The molecule has 3 aromatic rings. The van der Waals surface area contributed by atoms with E-state index in [4.69, 9.17) is 4.74 Å². The molecular formula is C22H22N2O5. The Kier molecular flexibility index (Phi) is 5.07. The molecule has 0 unspecified atom stereocenters. The summed E-state index contributed by atoms with van der Waals surface area (Å²) in [6, 6.07) is 14.4. The van der Waals surface area contributed by atoms with Crippen LogP contribution < -0.4 is 10.7 Å². The molecule has 2 N–H and O–H groups in total. The van der Waals surface area contributed by atoms with Gasteiger partial charge in [-0.15, -0.1) is 0 Å². The molecule has 1 fully saturated rings. The number of carbonyl (C=O) groups excluding carboxylic acids is 1. The molecular weight excluding hydrogens is 372 g/mol. The normalized spacial score (nSPS) is 16.0.